The Morgan fingerprint density at radius 3 is 2.75 bits per heavy atom. The number of hydrogen-bond acceptors (Lipinski definition) is 3. The summed E-state index contributed by atoms with van der Waals surface area (Å²) < 4.78 is 0. The van der Waals surface area contributed by atoms with Gasteiger partial charge in [-0.3, -0.25) is 0 Å². The van der Waals surface area contributed by atoms with Crippen LogP contribution < -0.4 is 5.73 Å². The smallest absolute Gasteiger partial charge is 0.0953 e. The predicted octanol–water partition coefficient (Wildman–Crippen LogP) is 3.57. The number of thiophene rings is 1. The van der Waals surface area contributed by atoms with E-state index in [1.165, 1.54) is 22.5 Å². The fraction of sp³-hybridized carbons (Fsp3) is 0.375. The van der Waals surface area contributed by atoms with E-state index in [1.807, 2.05) is 11.4 Å². The molecule has 2 nitrogen and oxygen atoms in total. The lowest BCUT2D eigenvalue weighted by atomic mass is 9.68. The van der Waals surface area contributed by atoms with E-state index in [4.69, 9.17) is 17.3 Å². The maximum atomic E-state index is 10.8. The molecule has 0 bridgehead atoms. The van der Waals surface area contributed by atoms with E-state index >= 15 is 0 Å². The van der Waals surface area contributed by atoms with Gasteiger partial charge in [0.1, 0.15) is 0 Å². The fourth-order valence-corrected chi connectivity index (χ4v) is 4.32. The largest absolute Gasteiger partial charge is 0.387 e. The zero-order valence-electron chi connectivity index (χ0n) is 11.2. The molecule has 0 amide bonds. The van der Waals surface area contributed by atoms with Crippen LogP contribution in [0.3, 0.4) is 0 Å². The molecule has 0 spiro atoms. The Kier molecular flexibility index (Phi) is 3.87. The van der Waals surface area contributed by atoms with Crippen LogP contribution in [0.1, 0.15) is 28.5 Å². The summed E-state index contributed by atoms with van der Waals surface area (Å²) in [7, 11) is 0. The third kappa shape index (κ3) is 2.40. The van der Waals surface area contributed by atoms with Crippen molar-refractivity contribution in [1.29, 1.82) is 0 Å². The van der Waals surface area contributed by atoms with Gasteiger partial charge >= 0.3 is 0 Å². The van der Waals surface area contributed by atoms with Crippen molar-refractivity contribution in [3.8, 4) is 0 Å². The zero-order valence-corrected chi connectivity index (χ0v) is 12.8. The standard InChI is InChI=1S/C16H18ClNOS/c17-13-7-14(20-9-13)15(19)16(10-18)6-5-11-3-1-2-4-12(11)8-16/h1-4,7,9,15,19H,5-6,8,10,18H2. The molecule has 0 fully saturated rings. The summed E-state index contributed by atoms with van der Waals surface area (Å²) in [4.78, 5) is 0.917. The average molecular weight is 308 g/mol. The second kappa shape index (κ2) is 5.49. The molecule has 1 heterocycles. The first-order valence-corrected chi connectivity index (χ1v) is 8.09. The molecule has 2 aromatic rings. The van der Waals surface area contributed by atoms with Gasteiger partial charge in [0.15, 0.2) is 0 Å². The van der Waals surface area contributed by atoms with Crippen molar-refractivity contribution in [2.24, 2.45) is 11.1 Å². The van der Waals surface area contributed by atoms with Gasteiger partial charge in [-0.15, -0.1) is 11.3 Å². The van der Waals surface area contributed by atoms with E-state index in [0.717, 1.165) is 24.1 Å². The van der Waals surface area contributed by atoms with Crippen LogP contribution >= 0.6 is 22.9 Å². The molecule has 1 aliphatic rings. The molecule has 0 radical (unpaired) electrons. The maximum absolute atomic E-state index is 10.8. The van der Waals surface area contributed by atoms with Crippen LogP contribution in [0.5, 0.6) is 0 Å². The normalized spacial score (nSPS) is 23.4. The molecule has 1 aromatic carbocycles. The zero-order chi connectivity index (χ0) is 14.2. The lowest BCUT2D eigenvalue weighted by molar-refractivity contribution is 0.0204. The molecule has 3 N–H and O–H groups in total. The molecule has 0 saturated heterocycles. The third-order valence-electron chi connectivity index (χ3n) is 4.40. The Balaban J connectivity index is 1.93. The summed E-state index contributed by atoms with van der Waals surface area (Å²) in [5.74, 6) is 0. The van der Waals surface area contributed by atoms with Crippen molar-refractivity contribution >= 4 is 22.9 Å². The Morgan fingerprint density at radius 2 is 2.10 bits per heavy atom. The van der Waals surface area contributed by atoms with E-state index in [2.05, 4.69) is 24.3 Å². The number of aryl methyl sites for hydroxylation is 1. The number of fused-ring (bicyclic) bond motifs is 1. The second-order valence-electron chi connectivity index (χ2n) is 5.58. The minimum atomic E-state index is -0.543. The predicted molar refractivity (Wildman–Crippen MR) is 84.2 cm³/mol. The van der Waals surface area contributed by atoms with Gasteiger partial charge in [0, 0.05) is 22.2 Å². The fourth-order valence-electron chi connectivity index (χ4n) is 3.12. The van der Waals surface area contributed by atoms with Crippen LogP contribution in [0.2, 0.25) is 5.02 Å². The third-order valence-corrected chi connectivity index (χ3v) is 5.73. The van der Waals surface area contributed by atoms with Crippen molar-refractivity contribution in [3.05, 3.63) is 56.7 Å². The van der Waals surface area contributed by atoms with Gasteiger partial charge in [-0.2, -0.15) is 0 Å². The highest BCUT2D eigenvalue weighted by atomic mass is 35.5. The Hall–Kier alpha value is -0.870. The van der Waals surface area contributed by atoms with Gasteiger partial charge in [0.25, 0.3) is 0 Å². The summed E-state index contributed by atoms with van der Waals surface area (Å²) in [5, 5.41) is 13.4. The number of aliphatic hydroxyl groups is 1. The first kappa shape index (κ1) is 14.1. The van der Waals surface area contributed by atoms with Crippen LogP contribution in [0, 0.1) is 5.41 Å². The van der Waals surface area contributed by atoms with Crippen molar-refractivity contribution in [3.63, 3.8) is 0 Å². The molecule has 3 rings (SSSR count). The van der Waals surface area contributed by atoms with E-state index in [-0.39, 0.29) is 5.41 Å². The first-order chi connectivity index (χ1) is 9.64. The van der Waals surface area contributed by atoms with Gasteiger partial charge in [0.2, 0.25) is 0 Å². The minimum Gasteiger partial charge on any atom is -0.387 e. The van der Waals surface area contributed by atoms with Gasteiger partial charge < -0.3 is 10.8 Å². The van der Waals surface area contributed by atoms with Crippen LogP contribution in [0.4, 0.5) is 0 Å². The highest BCUT2D eigenvalue weighted by Crippen LogP contribution is 2.45. The maximum Gasteiger partial charge on any atom is 0.0953 e. The quantitative estimate of drug-likeness (QED) is 0.910. The Labute approximate surface area is 128 Å². The molecular formula is C16H18ClNOS. The number of hydrogen-bond donors (Lipinski definition) is 2. The molecule has 0 aliphatic heterocycles. The number of benzene rings is 1. The summed E-state index contributed by atoms with van der Waals surface area (Å²) in [5.41, 5.74) is 8.47. The van der Waals surface area contributed by atoms with Gasteiger partial charge in [-0.25, -0.2) is 0 Å². The summed E-state index contributed by atoms with van der Waals surface area (Å²) in [6.45, 7) is 0.484. The molecule has 2 atom stereocenters. The van der Waals surface area contributed by atoms with Crippen molar-refractivity contribution < 1.29 is 5.11 Å². The van der Waals surface area contributed by atoms with Crippen molar-refractivity contribution in [1.82, 2.24) is 0 Å². The molecule has 20 heavy (non-hydrogen) atoms. The van der Waals surface area contributed by atoms with Crippen molar-refractivity contribution in [2.75, 3.05) is 6.54 Å². The molecule has 1 aromatic heterocycles. The SMILES string of the molecule is NCC1(C(O)c2cc(Cl)cs2)CCc2ccccc2C1. The highest BCUT2D eigenvalue weighted by molar-refractivity contribution is 7.10. The lowest BCUT2D eigenvalue weighted by Crippen LogP contribution is -2.41. The van der Waals surface area contributed by atoms with Crippen LogP contribution in [-0.2, 0) is 12.8 Å². The van der Waals surface area contributed by atoms with E-state index < -0.39 is 6.10 Å². The monoisotopic (exact) mass is 307 g/mol. The van der Waals surface area contributed by atoms with Crippen LogP contribution in [-0.4, -0.2) is 11.7 Å². The number of nitrogens with two attached hydrogens (primary N) is 1. The molecule has 106 valence electrons. The van der Waals surface area contributed by atoms with E-state index in [0.29, 0.717) is 11.6 Å². The lowest BCUT2D eigenvalue weighted by Gasteiger charge is -2.40. The molecule has 0 saturated carbocycles. The molecular weight excluding hydrogens is 290 g/mol. The Bertz CT molecular complexity index is 612. The number of halogens is 1. The topological polar surface area (TPSA) is 46.2 Å². The molecule has 1 aliphatic carbocycles. The summed E-state index contributed by atoms with van der Waals surface area (Å²) in [6, 6.07) is 10.3. The number of aliphatic hydroxyl groups excluding tert-OH is 1. The first-order valence-electron chi connectivity index (χ1n) is 6.83. The van der Waals surface area contributed by atoms with Gasteiger partial charge in [0.05, 0.1) is 11.1 Å². The minimum absolute atomic E-state index is 0.275. The molecule has 4 heteroatoms. The Morgan fingerprint density at radius 1 is 1.35 bits per heavy atom. The van der Waals surface area contributed by atoms with Gasteiger partial charge in [-0.1, -0.05) is 35.9 Å². The van der Waals surface area contributed by atoms with Crippen molar-refractivity contribution in [2.45, 2.75) is 25.4 Å². The average Bonchev–Trinajstić information content (AvgIpc) is 2.92. The van der Waals surface area contributed by atoms with Gasteiger partial charge in [-0.05, 0) is 36.5 Å². The summed E-state index contributed by atoms with van der Waals surface area (Å²) in [6.07, 6.45) is 2.18. The summed E-state index contributed by atoms with van der Waals surface area (Å²) >= 11 is 7.49. The second-order valence-corrected chi connectivity index (χ2v) is 6.96. The molecule has 2 unspecified atom stereocenters. The van der Waals surface area contributed by atoms with E-state index in [1.54, 1.807) is 0 Å². The highest BCUT2D eigenvalue weighted by Gasteiger charge is 2.40. The number of rotatable bonds is 3. The van der Waals surface area contributed by atoms with Crippen LogP contribution in [0.25, 0.3) is 0 Å². The van der Waals surface area contributed by atoms with Crippen LogP contribution in [0.15, 0.2) is 35.7 Å². The van der Waals surface area contributed by atoms with E-state index in [9.17, 15) is 5.11 Å².